The van der Waals surface area contributed by atoms with Crippen molar-refractivity contribution in [3.63, 3.8) is 0 Å². The van der Waals surface area contributed by atoms with Crippen LogP contribution in [-0.2, 0) is 6.61 Å². The van der Waals surface area contributed by atoms with Crippen LogP contribution in [0.15, 0.2) is 48.5 Å². The molecule has 0 radical (unpaired) electrons. The molecule has 1 N–H and O–H groups in total. The van der Waals surface area contributed by atoms with Crippen LogP contribution in [0.2, 0.25) is 0 Å². The molecule has 0 amide bonds. The fourth-order valence-corrected chi connectivity index (χ4v) is 3.07. The van der Waals surface area contributed by atoms with E-state index in [0.29, 0.717) is 12.4 Å². The number of phenols is 1. The quantitative estimate of drug-likeness (QED) is 0.759. The Labute approximate surface area is 115 Å². The Hall–Kier alpha value is -2.00. The Kier molecular flexibility index (Phi) is 3.13. The molecule has 0 aliphatic carbocycles. The van der Waals surface area contributed by atoms with Gasteiger partial charge in [0.15, 0.2) is 11.5 Å². The van der Waals surface area contributed by atoms with Gasteiger partial charge in [0, 0.05) is 9.58 Å². The molecule has 0 fully saturated rings. The number of fused-ring (bicyclic) bond motifs is 1. The van der Waals surface area contributed by atoms with E-state index in [1.807, 2.05) is 6.07 Å². The summed E-state index contributed by atoms with van der Waals surface area (Å²) in [5.74, 6) is 0.704. The molecule has 1 aromatic heterocycles. The molecule has 0 spiro atoms. The van der Waals surface area contributed by atoms with E-state index in [9.17, 15) is 5.11 Å². The summed E-state index contributed by atoms with van der Waals surface area (Å²) in [6.45, 7) is 2.58. The van der Waals surface area contributed by atoms with E-state index in [4.69, 9.17) is 4.74 Å². The molecule has 3 rings (SSSR count). The monoisotopic (exact) mass is 270 g/mol. The smallest absolute Gasteiger partial charge is 0.161 e. The molecule has 3 aromatic rings. The second-order valence-corrected chi connectivity index (χ2v) is 5.68. The molecule has 96 valence electrons. The van der Waals surface area contributed by atoms with Crippen LogP contribution in [0.5, 0.6) is 11.5 Å². The minimum Gasteiger partial charge on any atom is -0.504 e. The van der Waals surface area contributed by atoms with Gasteiger partial charge in [-0.1, -0.05) is 24.3 Å². The lowest BCUT2D eigenvalue weighted by Gasteiger charge is -2.05. The number of hydrogen-bond acceptors (Lipinski definition) is 3. The van der Waals surface area contributed by atoms with E-state index in [-0.39, 0.29) is 5.75 Å². The van der Waals surface area contributed by atoms with Crippen molar-refractivity contribution in [2.24, 2.45) is 0 Å². The van der Waals surface area contributed by atoms with Gasteiger partial charge in [-0.3, -0.25) is 0 Å². The molecule has 1 heterocycles. The van der Waals surface area contributed by atoms with E-state index in [2.05, 4.69) is 31.2 Å². The van der Waals surface area contributed by atoms with Gasteiger partial charge >= 0.3 is 0 Å². The number of aromatic hydroxyl groups is 1. The van der Waals surface area contributed by atoms with Gasteiger partial charge in [0.25, 0.3) is 0 Å². The highest BCUT2D eigenvalue weighted by atomic mass is 32.1. The maximum atomic E-state index is 9.64. The number of phenolic OH excluding ortho intramolecular Hbond substituents is 1. The summed E-state index contributed by atoms with van der Waals surface area (Å²) >= 11 is 1.73. The van der Waals surface area contributed by atoms with Crippen molar-refractivity contribution in [3.05, 3.63) is 59.0 Å². The summed E-state index contributed by atoms with van der Waals surface area (Å²) in [4.78, 5) is 1.16. The molecular weight excluding hydrogens is 256 g/mol. The number of thiophene rings is 1. The molecule has 2 nitrogen and oxygen atoms in total. The van der Waals surface area contributed by atoms with E-state index in [1.54, 1.807) is 29.5 Å². The van der Waals surface area contributed by atoms with Gasteiger partial charge in [0.2, 0.25) is 0 Å². The largest absolute Gasteiger partial charge is 0.504 e. The summed E-state index contributed by atoms with van der Waals surface area (Å²) in [6, 6.07) is 15.6. The first-order chi connectivity index (χ1) is 9.22. The predicted octanol–water partition coefficient (Wildman–Crippen LogP) is 4.49. The first-order valence-corrected chi connectivity index (χ1v) is 6.94. The first-order valence-electron chi connectivity index (χ1n) is 6.12. The van der Waals surface area contributed by atoms with Crippen molar-refractivity contribution in [2.45, 2.75) is 13.5 Å². The molecule has 0 aliphatic rings. The van der Waals surface area contributed by atoms with Crippen molar-refractivity contribution in [1.82, 2.24) is 0 Å². The molecule has 0 bridgehead atoms. The van der Waals surface area contributed by atoms with Gasteiger partial charge in [-0.25, -0.2) is 0 Å². The third-order valence-corrected chi connectivity index (χ3v) is 4.03. The summed E-state index contributed by atoms with van der Waals surface area (Å²) in [5, 5.41) is 10.9. The van der Waals surface area contributed by atoms with Crippen molar-refractivity contribution < 1.29 is 9.84 Å². The fraction of sp³-hybridized carbons (Fsp3) is 0.125. The number of rotatable bonds is 3. The lowest BCUT2D eigenvalue weighted by Crippen LogP contribution is -1.92. The van der Waals surface area contributed by atoms with Crippen LogP contribution in [0.25, 0.3) is 10.1 Å². The van der Waals surface area contributed by atoms with Gasteiger partial charge in [-0.2, -0.15) is 0 Å². The third-order valence-electron chi connectivity index (χ3n) is 2.96. The molecule has 2 aromatic carbocycles. The Morgan fingerprint density at radius 3 is 2.79 bits per heavy atom. The minimum atomic E-state index is 0.180. The molecule has 0 unspecified atom stereocenters. The highest BCUT2D eigenvalue weighted by Gasteiger charge is 2.05. The van der Waals surface area contributed by atoms with Crippen LogP contribution in [-0.4, -0.2) is 5.11 Å². The molecule has 19 heavy (non-hydrogen) atoms. The van der Waals surface area contributed by atoms with Gasteiger partial charge in [0.1, 0.15) is 6.61 Å². The average molecular weight is 270 g/mol. The van der Waals surface area contributed by atoms with Crippen LogP contribution in [0, 0.1) is 6.92 Å². The lowest BCUT2D eigenvalue weighted by atomic mass is 10.2. The van der Waals surface area contributed by atoms with E-state index in [1.165, 1.54) is 15.6 Å². The molecular formula is C16H14O2S. The molecule has 0 atom stereocenters. The zero-order chi connectivity index (χ0) is 13.2. The summed E-state index contributed by atoms with van der Waals surface area (Å²) in [6.07, 6.45) is 0. The number of ether oxygens (including phenoxy) is 1. The van der Waals surface area contributed by atoms with Crippen molar-refractivity contribution >= 4 is 21.4 Å². The topological polar surface area (TPSA) is 29.5 Å². The molecule has 0 aliphatic heterocycles. The fourth-order valence-electron chi connectivity index (χ4n) is 1.99. The highest BCUT2D eigenvalue weighted by Crippen LogP contribution is 2.29. The molecule has 3 heteroatoms. The van der Waals surface area contributed by atoms with E-state index in [0.717, 1.165) is 4.88 Å². The van der Waals surface area contributed by atoms with Crippen molar-refractivity contribution in [3.8, 4) is 11.5 Å². The van der Waals surface area contributed by atoms with Crippen molar-refractivity contribution in [2.75, 3.05) is 0 Å². The van der Waals surface area contributed by atoms with Gasteiger partial charge in [-0.15, -0.1) is 11.3 Å². The zero-order valence-corrected chi connectivity index (χ0v) is 11.4. The number of hydrogen-bond donors (Lipinski definition) is 1. The minimum absolute atomic E-state index is 0.180. The lowest BCUT2D eigenvalue weighted by molar-refractivity contribution is 0.292. The number of benzene rings is 2. The molecule has 0 saturated heterocycles. The normalized spacial score (nSPS) is 10.8. The SMILES string of the molecule is Cc1ccc2cc(COc3ccccc3O)sc2c1. The zero-order valence-electron chi connectivity index (χ0n) is 10.6. The Morgan fingerprint density at radius 2 is 1.95 bits per heavy atom. The number of aryl methyl sites for hydroxylation is 1. The Bertz CT molecular complexity index is 716. The van der Waals surface area contributed by atoms with Crippen LogP contribution in [0.1, 0.15) is 10.4 Å². The first kappa shape index (κ1) is 12.1. The van der Waals surface area contributed by atoms with Gasteiger partial charge in [0.05, 0.1) is 0 Å². The van der Waals surface area contributed by atoms with Crippen LogP contribution in [0.4, 0.5) is 0 Å². The third kappa shape index (κ3) is 2.56. The van der Waals surface area contributed by atoms with Crippen LogP contribution in [0.3, 0.4) is 0 Å². The standard InChI is InChI=1S/C16H14O2S/c1-11-6-7-12-9-13(19-16(12)8-11)10-18-15-5-3-2-4-14(15)17/h2-9,17H,10H2,1H3. The maximum absolute atomic E-state index is 9.64. The second-order valence-electron chi connectivity index (χ2n) is 4.51. The Balaban J connectivity index is 1.80. The van der Waals surface area contributed by atoms with E-state index < -0.39 is 0 Å². The molecule has 0 saturated carbocycles. The predicted molar refractivity (Wildman–Crippen MR) is 79.0 cm³/mol. The van der Waals surface area contributed by atoms with Crippen LogP contribution < -0.4 is 4.74 Å². The van der Waals surface area contributed by atoms with Gasteiger partial charge in [-0.05, 0) is 42.1 Å². The average Bonchev–Trinajstić information content (AvgIpc) is 2.79. The summed E-state index contributed by atoms with van der Waals surface area (Å²) < 4.78 is 6.92. The second kappa shape index (κ2) is 4.94. The highest BCUT2D eigenvalue weighted by molar-refractivity contribution is 7.19. The Morgan fingerprint density at radius 1 is 1.11 bits per heavy atom. The van der Waals surface area contributed by atoms with Crippen molar-refractivity contribution in [1.29, 1.82) is 0 Å². The maximum Gasteiger partial charge on any atom is 0.161 e. The van der Waals surface area contributed by atoms with Crippen LogP contribution >= 0.6 is 11.3 Å². The summed E-state index contributed by atoms with van der Waals surface area (Å²) in [7, 11) is 0. The van der Waals surface area contributed by atoms with Gasteiger partial charge < -0.3 is 9.84 Å². The number of para-hydroxylation sites is 2. The summed E-state index contributed by atoms with van der Waals surface area (Å²) in [5.41, 5.74) is 1.27. The van der Waals surface area contributed by atoms with E-state index >= 15 is 0 Å².